The molecule has 0 saturated carbocycles. The summed E-state index contributed by atoms with van der Waals surface area (Å²) in [4.78, 5) is 4.19. The minimum absolute atomic E-state index is 0.0294. The summed E-state index contributed by atoms with van der Waals surface area (Å²) in [6.07, 6.45) is 1.47. The lowest BCUT2D eigenvalue weighted by Gasteiger charge is -2.25. The van der Waals surface area contributed by atoms with Gasteiger partial charge in [-0.25, -0.2) is 4.98 Å². The molecule has 1 aromatic carbocycles. The summed E-state index contributed by atoms with van der Waals surface area (Å²) in [6.45, 7) is 1.97. The van der Waals surface area contributed by atoms with Gasteiger partial charge in [0, 0.05) is 23.2 Å². The molecular formula is C16H15BrClN3O. The highest BCUT2D eigenvalue weighted by molar-refractivity contribution is 9.10. The number of nitrogens with one attached hydrogen (secondary N) is 1. The van der Waals surface area contributed by atoms with Crippen LogP contribution in [-0.4, -0.2) is 16.7 Å². The lowest BCUT2D eigenvalue weighted by Crippen LogP contribution is -2.22. The molecule has 2 rings (SSSR count). The van der Waals surface area contributed by atoms with Gasteiger partial charge >= 0.3 is 0 Å². The van der Waals surface area contributed by atoms with Crippen LogP contribution in [0.2, 0.25) is 5.02 Å². The average Bonchev–Trinajstić information content (AvgIpc) is 2.54. The molecule has 0 aliphatic heterocycles. The Morgan fingerprint density at radius 1 is 1.41 bits per heavy atom. The van der Waals surface area contributed by atoms with E-state index >= 15 is 0 Å². The van der Waals surface area contributed by atoms with Crippen LogP contribution in [0.15, 0.2) is 41.0 Å². The molecule has 0 unspecified atom stereocenters. The van der Waals surface area contributed by atoms with Crippen LogP contribution < -0.4 is 5.32 Å². The van der Waals surface area contributed by atoms with Gasteiger partial charge in [-0.3, -0.25) is 0 Å². The lowest BCUT2D eigenvalue weighted by molar-refractivity contribution is 0.222. The Bertz CT molecular complexity index is 685. The van der Waals surface area contributed by atoms with Crippen LogP contribution in [0, 0.1) is 17.2 Å². The zero-order valence-corrected chi connectivity index (χ0v) is 14.3. The fourth-order valence-corrected chi connectivity index (χ4v) is 2.57. The van der Waals surface area contributed by atoms with Crippen molar-refractivity contribution in [2.24, 2.45) is 5.92 Å². The van der Waals surface area contributed by atoms with Crippen LogP contribution in [0.4, 0.5) is 5.82 Å². The van der Waals surface area contributed by atoms with Crippen molar-refractivity contribution in [2.45, 2.75) is 13.0 Å². The Morgan fingerprint density at radius 2 is 2.09 bits per heavy atom. The molecule has 114 valence electrons. The maximum atomic E-state index is 9.50. The molecule has 2 N–H and O–H groups in total. The predicted octanol–water partition coefficient (Wildman–Crippen LogP) is 4.15. The Hall–Kier alpha value is -1.61. The highest BCUT2D eigenvalue weighted by Gasteiger charge is 2.20. The molecule has 1 aromatic heterocycles. The number of aliphatic hydroxyl groups is 1. The van der Waals surface area contributed by atoms with Gasteiger partial charge in [-0.15, -0.1) is 0 Å². The highest BCUT2D eigenvalue weighted by atomic mass is 79.9. The van der Waals surface area contributed by atoms with Gasteiger partial charge in [-0.05, 0) is 23.8 Å². The number of nitriles is 1. The second-order valence-corrected chi connectivity index (χ2v) is 6.32. The van der Waals surface area contributed by atoms with Gasteiger partial charge in [0.05, 0.1) is 16.6 Å². The summed E-state index contributed by atoms with van der Waals surface area (Å²) >= 11 is 9.58. The monoisotopic (exact) mass is 379 g/mol. The van der Waals surface area contributed by atoms with Crippen molar-refractivity contribution in [1.29, 1.82) is 5.26 Å². The van der Waals surface area contributed by atoms with Crippen molar-refractivity contribution < 1.29 is 5.11 Å². The van der Waals surface area contributed by atoms with E-state index in [0.29, 0.717) is 16.4 Å². The van der Waals surface area contributed by atoms with Gasteiger partial charge in [-0.1, -0.05) is 46.6 Å². The van der Waals surface area contributed by atoms with Crippen LogP contribution in [-0.2, 0) is 0 Å². The number of pyridine rings is 1. The van der Waals surface area contributed by atoms with E-state index in [4.69, 9.17) is 16.9 Å². The Kier molecular flexibility index (Phi) is 5.78. The normalized spacial score (nSPS) is 13.2. The summed E-state index contributed by atoms with van der Waals surface area (Å²) < 4.78 is 0.987. The van der Waals surface area contributed by atoms with Gasteiger partial charge in [0.2, 0.25) is 0 Å². The lowest BCUT2D eigenvalue weighted by atomic mass is 9.95. The van der Waals surface area contributed by atoms with Gasteiger partial charge in [0.15, 0.2) is 0 Å². The smallest absolute Gasteiger partial charge is 0.145 e. The number of nitrogens with zero attached hydrogens (tertiary/aromatic N) is 2. The van der Waals surface area contributed by atoms with Crippen LogP contribution in [0.1, 0.15) is 24.1 Å². The summed E-state index contributed by atoms with van der Waals surface area (Å²) in [5, 5.41) is 22.0. The van der Waals surface area contributed by atoms with Crippen molar-refractivity contribution in [1.82, 2.24) is 4.98 Å². The van der Waals surface area contributed by atoms with E-state index < -0.39 is 0 Å². The summed E-state index contributed by atoms with van der Waals surface area (Å²) in [5.41, 5.74) is 1.43. The van der Waals surface area contributed by atoms with Crippen molar-refractivity contribution >= 4 is 33.3 Å². The van der Waals surface area contributed by atoms with E-state index in [0.717, 1.165) is 10.0 Å². The van der Waals surface area contributed by atoms with Crippen LogP contribution >= 0.6 is 27.5 Å². The molecule has 22 heavy (non-hydrogen) atoms. The Balaban J connectivity index is 2.31. The van der Waals surface area contributed by atoms with E-state index in [9.17, 15) is 5.11 Å². The summed E-state index contributed by atoms with van der Waals surface area (Å²) in [5.74, 6) is 0.462. The number of hydrogen-bond donors (Lipinski definition) is 2. The number of halogens is 2. The Labute approximate surface area is 142 Å². The average molecular weight is 381 g/mol. The maximum absolute atomic E-state index is 9.50. The van der Waals surface area contributed by atoms with Crippen molar-refractivity contribution in [3.05, 3.63) is 57.2 Å². The molecule has 1 heterocycles. The van der Waals surface area contributed by atoms with Gasteiger partial charge in [-0.2, -0.15) is 5.26 Å². The van der Waals surface area contributed by atoms with Crippen LogP contribution in [0.5, 0.6) is 0 Å². The first-order valence-corrected chi connectivity index (χ1v) is 7.90. The van der Waals surface area contributed by atoms with Gasteiger partial charge in [0.25, 0.3) is 0 Å². The third-order valence-electron chi connectivity index (χ3n) is 3.35. The highest BCUT2D eigenvalue weighted by Crippen LogP contribution is 2.30. The van der Waals surface area contributed by atoms with Crippen molar-refractivity contribution in [3.8, 4) is 6.07 Å². The third kappa shape index (κ3) is 3.98. The molecule has 0 amide bonds. The number of rotatable bonds is 5. The molecule has 0 spiro atoms. The van der Waals surface area contributed by atoms with E-state index in [-0.39, 0.29) is 18.6 Å². The van der Waals surface area contributed by atoms with Crippen LogP contribution in [0.3, 0.4) is 0 Å². The molecule has 6 heteroatoms. The number of benzene rings is 1. The molecule has 0 radical (unpaired) electrons. The van der Waals surface area contributed by atoms with Crippen molar-refractivity contribution in [2.75, 3.05) is 11.9 Å². The Morgan fingerprint density at radius 3 is 2.64 bits per heavy atom. The first kappa shape index (κ1) is 16.8. The first-order valence-electron chi connectivity index (χ1n) is 6.73. The van der Waals surface area contributed by atoms with E-state index in [1.807, 2.05) is 37.3 Å². The second kappa shape index (κ2) is 7.59. The van der Waals surface area contributed by atoms with Crippen LogP contribution in [0.25, 0.3) is 0 Å². The maximum Gasteiger partial charge on any atom is 0.145 e. The zero-order valence-electron chi connectivity index (χ0n) is 11.9. The fraction of sp³-hybridized carbons (Fsp3) is 0.250. The molecule has 4 nitrogen and oxygen atoms in total. The quantitative estimate of drug-likeness (QED) is 0.817. The van der Waals surface area contributed by atoms with Gasteiger partial charge in [0.1, 0.15) is 11.9 Å². The number of aromatic nitrogens is 1. The number of anilines is 1. The molecule has 0 aliphatic carbocycles. The SMILES string of the molecule is C[C@H](CO)[C@@H](Nc1ncc(C#N)cc1Cl)c1ccc(Br)cc1. The molecule has 0 fully saturated rings. The van der Waals surface area contributed by atoms with E-state index in [2.05, 4.69) is 26.2 Å². The second-order valence-electron chi connectivity index (χ2n) is 5.00. The fourth-order valence-electron chi connectivity index (χ4n) is 2.08. The molecule has 2 atom stereocenters. The minimum atomic E-state index is -0.143. The first-order chi connectivity index (χ1) is 10.5. The molecular weight excluding hydrogens is 366 g/mol. The molecule has 0 bridgehead atoms. The number of aliphatic hydroxyl groups excluding tert-OH is 1. The standard InChI is InChI=1S/C16H15BrClN3O/c1-10(9-22)15(12-2-4-13(17)5-3-12)21-16-14(18)6-11(7-19)8-20-16/h2-6,8,10,15,22H,9H2,1H3,(H,20,21)/t10-,15-/m1/s1. The van der Waals surface area contributed by atoms with Crippen molar-refractivity contribution in [3.63, 3.8) is 0 Å². The molecule has 0 saturated heterocycles. The third-order valence-corrected chi connectivity index (χ3v) is 4.17. The minimum Gasteiger partial charge on any atom is -0.396 e. The topological polar surface area (TPSA) is 68.9 Å². The predicted molar refractivity (Wildman–Crippen MR) is 90.7 cm³/mol. The van der Waals surface area contributed by atoms with E-state index in [1.54, 1.807) is 6.07 Å². The molecule has 0 aliphatic rings. The summed E-state index contributed by atoms with van der Waals surface area (Å²) in [7, 11) is 0. The summed E-state index contributed by atoms with van der Waals surface area (Å²) in [6, 6.07) is 11.3. The largest absolute Gasteiger partial charge is 0.396 e. The zero-order chi connectivity index (χ0) is 16.1. The van der Waals surface area contributed by atoms with Gasteiger partial charge < -0.3 is 10.4 Å². The molecule has 2 aromatic rings. The number of hydrogen-bond acceptors (Lipinski definition) is 4. The van der Waals surface area contributed by atoms with E-state index in [1.165, 1.54) is 6.20 Å².